The standard InChI is InChI=1S/C25H31N3O5/c1-2-21(27-23(29)16-26-25(31)33-17-19-10-4-3-5-11-19)20-12-6-7-13-22(20)32-18-24(30)28-14-8-9-15-28/h3-7,10-13,21H,2,8-9,14-18H2,1H3,(H,26,31)(H,27,29). The average Bonchev–Trinajstić information content (AvgIpc) is 3.39. The predicted octanol–water partition coefficient (Wildman–Crippen LogP) is 3.18. The van der Waals surface area contributed by atoms with Gasteiger partial charge in [-0.1, -0.05) is 55.5 Å². The molecule has 1 aliphatic rings. The first-order chi connectivity index (χ1) is 16.1. The molecule has 3 amide bonds. The SMILES string of the molecule is CCC(NC(=O)CNC(=O)OCc1ccccc1)c1ccccc1OCC(=O)N1CCCC1. The molecule has 0 spiro atoms. The van der Waals surface area contributed by atoms with Gasteiger partial charge >= 0.3 is 6.09 Å². The first-order valence-electron chi connectivity index (χ1n) is 11.3. The van der Waals surface area contributed by atoms with E-state index in [4.69, 9.17) is 9.47 Å². The first kappa shape index (κ1) is 24.1. The maximum Gasteiger partial charge on any atom is 0.407 e. The van der Waals surface area contributed by atoms with Crippen LogP contribution in [0.4, 0.5) is 4.79 Å². The smallest absolute Gasteiger partial charge is 0.407 e. The molecule has 2 aromatic carbocycles. The van der Waals surface area contributed by atoms with Gasteiger partial charge in [0.25, 0.3) is 5.91 Å². The summed E-state index contributed by atoms with van der Waals surface area (Å²) in [5.74, 6) is 0.187. The van der Waals surface area contributed by atoms with Crippen molar-refractivity contribution < 1.29 is 23.9 Å². The van der Waals surface area contributed by atoms with Gasteiger partial charge in [0.15, 0.2) is 6.61 Å². The van der Waals surface area contributed by atoms with Crippen LogP contribution in [0.3, 0.4) is 0 Å². The van der Waals surface area contributed by atoms with Gasteiger partial charge in [-0.15, -0.1) is 0 Å². The molecule has 1 aliphatic heterocycles. The van der Waals surface area contributed by atoms with Crippen molar-refractivity contribution in [3.63, 3.8) is 0 Å². The van der Waals surface area contributed by atoms with E-state index in [1.165, 1.54) is 0 Å². The molecular weight excluding hydrogens is 422 g/mol. The fourth-order valence-corrected chi connectivity index (χ4v) is 3.67. The number of nitrogens with one attached hydrogen (secondary N) is 2. The van der Waals surface area contributed by atoms with Crippen molar-refractivity contribution in [1.82, 2.24) is 15.5 Å². The monoisotopic (exact) mass is 453 g/mol. The minimum absolute atomic E-state index is 0.0300. The van der Waals surface area contributed by atoms with Crippen molar-refractivity contribution in [3.05, 3.63) is 65.7 Å². The molecule has 1 fully saturated rings. The number of amides is 3. The van der Waals surface area contributed by atoms with Crippen molar-refractivity contribution in [1.29, 1.82) is 0 Å². The molecule has 0 aliphatic carbocycles. The molecule has 2 aromatic rings. The normalized spacial score (nSPS) is 13.8. The van der Waals surface area contributed by atoms with Gasteiger partial charge in [0.1, 0.15) is 18.9 Å². The zero-order valence-corrected chi connectivity index (χ0v) is 18.9. The molecule has 1 heterocycles. The highest BCUT2D eigenvalue weighted by molar-refractivity contribution is 5.82. The number of alkyl carbamates (subject to hydrolysis) is 1. The Morgan fingerprint density at radius 1 is 1.00 bits per heavy atom. The zero-order valence-electron chi connectivity index (χ0n) is 18.9. The molecule has 0 saturated carbocycles. The first-order valence-corrected chi connectivity index (χ1v) is 11.3. The summed E-state index contributed by atoms with van der Waals surface area (Å²) in [6, 6.07) is 16.3. The number of carbonyl (C=O) groups excluding carboxylic acids is 3. The third-order valence-corrected chi connectivity index (χ3v) is 5.45. The van der Waals surface area contributed by atoms with E-state index in [1.54, 1.807) is 6.07 Å². The Kier molecular flexibility index (Phi) is 9.11. The van der Waals surface area contributed by atoms with E-state index in [-0.39, 0.29) is 37.6 Å². The molecule has 8 heteroatoms. The molecule has 8 nitrogen and oxygen atoms in total. The highest BCUT2D eigenvalue weighted by Crippen LogP contribution is 2.27. The third kappa shape index (κ3) is 7.52. The fourth-order valence-electron chi connectivity index (χ4n) is 3.67. The Bertz CT molecular complexity index is 929. The lowest BCUT2D eigenvalue weighted by Gasteiger charge is -2.22. The predicted molar refractivity (Wildman–Crippen MR) is 124 cm³/mol. The minimum Gasteiger partial charge on any atom is -0.483 e. The summed E-state index contributed by atoms with van der Waals surface area (Å²) in [5, 5.41) is 5.38. The van der Waals surface area contributed by atoms with Crippen LogP contribution in [0.5, 0.6) is 5.75 Å². The molecule has 2 N–H and O–H groups in total. The van der Waals surface area contributed by atoms with E-state index in [9.17, 15) is 14.4 Å². The number of likely N-dealkylation sites (tertiary alicyclic amines) is 1. The largest absolute Gasteiger partial charge is 0.483 e. The molecule has 33 heavy (non-hydrogen) atoms. The molecule has 176 valence electrons. The summed E-state index contributed by atoms with van der Waals surface area (Å²) in [5.41, 5.74) is 1.65. The fraction of sp³-hybridized carbons (Fsp3) is 0.400. The Morgan fingerprint density at radius 2 is 1.70 bits per heavy atom. The molecule has 1 saturated heterocycles. The van der Waals surface area contributed by atoms with E-state index < -0.39 is 6.09 Å². The third-order valence-electron chi connectivity index (χ3n) is 5.45. The maximum absolute atomic E-state index is 12.4. The van der Waals surface area contributed by atoms with Gasteiger partial charge in [-0.05, 0) is 30.9 Å². The van der Waals surface area contributed by atoms with Crippen molar-refractivity contribution in [2.24, 2.45) is 0 Å². The Morgan fingerprint density at radius 3 is 2.42 bits per heavy atom. The highest BCUT2D eigenvalue weighted by Gasteiger charge is 2.21. The van der Waals surface area contributed by atoms with Crippen LogP contribution >= 0.6 is 0 Å². The van der Waals surface area contributed by atoms with Crippen molar-refractivity contribution in [2.75, 3.05) is 26.2 Å². The number of para-hydroxylation sites is 1. The maximum atomic E-state index is 12.4. The lowest BCUT2D eigenvalue weighted by molar-refractivity contribution is -0.132. The number of benzene rings is 2. The summed E-state index contributed by atoms with van der Waals surface area (Å²) >= 11 is 0. The van der Waals surface area contributed by atoms with Gasteiger partial charge in [0.2, 0.25) is 5.91 Å². The second-order valence-corrected chi connectivity index (χ2v) is 7.86. The van der Waals surface area contributed by atoms with Crippen LogP contribution in [-0.2, 0) is 20.9 Å². The Labute approximate surface area is 194 Å². The second kappa shape index (κ2) is 12.5. The van der Waals surface area contributed by atoms with Gasteiger partial charge in [-0.2, -0.15) is 0 Å². The zero-order chi connectivity index (χ0) is 23.5. The Balaban J connectivity index is 1.48. The van der Waals surface area contributed by atoms with Gasteiger partial charge in [-0.25, -0.2) is 4.79 Å². The second-order valence-electron chi connectivity index (χ2n) is 7.86. The van der Waals surface area contributed by atoms with Crippen molar-refractivity contribution in [3.8, 4) is 5.75 Å². The number of nitrogens with zero attached hydrogens (tertiary/aromatic N) is 1. The van der Waals surface area contributed by atoms with Crippen molar-refractivity contribution >= 4 is 17.9 Å². The van der Waals surface area contributed by atoms with Crippen LogP contribution < -0.4 is 15.4 Å². The average molecular weight is 454 g/mol. The lowest BCUT2D eigenvalue weighted by atomic mass is 10.0. The van der Waals surface area contributed by atoms with E-state index in [0.717, 1.165) is 37.1 Å². The topological polar surface area (TPSA) is 97.0 Å². The number of hydrogen-bond donors (Lipinski definition) is 2. The molecule has 0 aromatic heterocycles. The number of rotatable bonds is 10. The van der Waals surface area contributed by atoms with E-state index in [0.29, 0.717) is 12.2 Å². The van der Waals surface area contributed by atoms with Gasteiger partial charge in [0.05, 0.1) is 6.04 Å². The van der Waals surface area contributed by atoms with E-state index in [2.05, 4.69) is 10.6 Å². The number of hydrogen-bond acceptors (Lipinski definition) is 5. The molecule has 1 atom stereocenters. The quantitative estimate of drug-likeness (QED) is 0.576. The van der Waals surface area contributed by atoms with Crippen LogP contribution in [0.2, 0.25) is 0 Å². The molecule has 1 unspecified atom stereocenters. The van der Waals surface area contributed by atoms with Crippen LogP contribution in [0.15, 0.2) is 54.6 Å². The van der Waals surface area contributed by atoms with E-state index >= 15 is 0 Å². The summed E-state index contributed by atoms with van der Waals surface area (Å²) < 4.78 is 10.9. The molecular formula is C25H31N3O5. The van der Waals surface area contributed by atoms with Crippen LogP contribution in [0, 0.1) is 0 Å². The molecule has 0 bridgehead atoms. The highest BCUT2D eigenvalue weighted by atomic mass is 16.5. The summed E-state index contributed by atoms with van der Waals surface area (Å²) in [6.07, 6.45) is 2.01. The van der Waals surface area contributed by atoms with Gasteiger partial charge in [-0.3, -0.25) is 9.59 Å². The summed E-state index contributed by atoms with van der Waals surface area (Å²) in [4.78, 5) is 38.5. The van der Waals surface area contributed by atoms with Gasteiger partial charge in [0, 0.05) is 18.7 Å². The lowest BCUT2D eigenvalue weighted by Crippen LogP contribution is -2.39. The van der Waals surface area contributed by atoms with Crippen LogP contribution in [-0.4, -0.2) is 49.0 Å². The number of carbonyl (C=O) groups is 3. The summed E-state index contributed by atoms with van der Waals surface area (Å²) in [6.45, 7) is 3.39. The molecule has 3 rings (SSSR count). The van der Waals surface area contributed by atoms with Gasteiger partial charge < -0.3 is 25.0 Å². The number of ether oxygens (including phenoxy) is 2. The molecule has 0 radical (unpaired) electrons. The van der Waals surface area contributed by atoms with Crippen LogP contribution in [0.25, 0.3) is 0 Å². The Hall–Kier alpha value is -3.55. The summed E-state index contributed by atoms with van der Waals surface area (Å²) in [7, 11) is 0. The van der Waals surface area contributed by atoms with Crippen molar-refractivity contribution in [2.45, 2.75) is 38.8 Å². The minimum atomic E-state index is -0.661. The van der Waals surface area contributed by atoms with E-state index in [1.807, 2.05) is 60.4 Å². The van der Waals surface area contributed by atoms with Crippen LogP contribution in [0.1, 0.15) is 43.4 Å².